The summed E-state index contributed by atoms with van der Waals surface area (Å²) in [7, 11) is 0. The van der Waals surface area contributed by atoms with Gasteiger partial charge in [-0.3, -0.25) is 4.79 Å². The van der Waals surface area contributed by atoms with E-state index in [1.165, 1.54) is 0 Å². The summed E-state index contributed by atoms with van der Waals surface area (Å²) >= 11 is 3.40. The Balaban J connectivity index is 1.70. The van der Waals surface area contributed by atoms with Crippen molar-refractivity contribution in [2.75, 3.05) is 35.2 Å². The van der Waals surface area contributed by atoms with Gasteiger partial charge in [-0.2, -0.15) is 4.98 Å². The molecule has 0 unspecified atom stereocenters. The van der Waals surface area contributed by atoms with Crippen molar-refractivity contribution in [1.82, 2.24) is 15.3 Å². The van der Waals surface area contributed by atoms with Crippen molar-refractivity contribution in [3.8, 4) is 0 Å². The molecule has 0 atom stereocenters. The lowest BCUT2D eigenvalue weighted by Gasteiger charge is -2.13. The highest BCUT2D eigenvalue weighted by molar-refractivity contribution is 9.10. The number of anilines is 4. The number of hydrogen-bond acceptors (Lipinski definition) is 7. The number of imide groups is 1. The Labute approximate surface area is 158 Å². The van der Waals surface area contributed by atoms with Crippen LogP contribution < -0.4 is 26.6 Å². The number of nitrogens with zero attached hydrogens (tertiary/aromatic N) is 3. The number of amides is 3. The lowest BCUT2D eigenvalue weighted by Crippen LogP contribution is -2.30. The first-order chi connectivity index (χ1) is 12.6. The van der Waals surface area contributed by atoms with E-state index in [1.54, 1.807) is 30.5 Å². The largest absolute Gasteiger partial charge is 0.369 e. The van der Waals surface area contributed by atoms with Crippen molar-refractivity contribution in [2.45, 2.75) is 6.42 Å². The van der Waals surface area contributed by atoms with Crippen LogP contribution in [-0.4, -0.2) is 41.5 Å². The molecule has 1 fully saturated rings. The Morgan fingerprint density at radius 1 is 1.27 bits per heavy atom. The highest BCUT2D eigenvalue weighted by Crippen LogP contribution is 2.24. The van der Waals surface area contributed by atoms with Gasteiger partial charge in [0.2, 0.25) is 5.95 Å². The smallest absolute Gasteiger partial charge is 0.329 e. The third-order valence-electron chi connectivity index (χ3n) is 3.64. The molecule has 10 heteroatoms. The van der Waals surface area contributed by atoms with Crippen LogP contribution in [0.2, 0.25) is 0 Å². The second kappa shape index (κ2) is 8.11. The summed E-state index contributed by atoms with van der Waals surface area (Å²) < 4.78 is 0.758. The zero-order valence-electron chi connectivity index (χ0n) is 13.8. The molecule has 136 valence electrons. The Kier molecular flexibility index (Phi) is 5.64. The van der Waals surface area contributed by atoms with E-state index in [4.69, 9.17) is 5.73 Å². The average Bonchev–Trinajstić information content (AvgIpc) is 2.97. The van der Waals surface area contributed by atoms with Crippen molar-refractivity contribution in [3.63, 3.8) is 0 Å². The summed E-state index contributed by atoms with van der Waals surface area (Å²) in [6, 6.07) is 6.46. The Bertz CT molecular complexity index is 797. The Hall–Kier alpha value is -2.72. The maximum absolute atomic E-state index is 11.7. The van der Waals surface area contributed by atoms with Gasteiger partial charge in [0.05, 0.1) is 16.7 Å². The molecule has 1 aliphatic heterocycles. The fourth-order valence-corrected chi connectivity index (χ4v) is 2.70. The SMILES string of the molecule is NCCCNc1nc(Nc2ccc(N3C(=O)CNC3=O)cc2)ncc1Br. The second-order valence-corrected chi connectivity index (χ2v) is 6.37. The molecule has 3 amide bonds. The van der Waals surface area contributed by atoms with Gasteiger partial charge in [0.25, 0.3) is 5.91 Å². The zero-order valence-corrected chi connectivity index (χ0v) is 15.4. The number of nitrogens with two attached hydrogens (primary N) is 1. The first kappa shape index (κ1) is 18.1. The van der Waals surface area contributed by atoms with Crippen LogP contribution in [0.25, 0.3) is 0 Å². The number of urea groups is 1. The summed E-state index contributed by atoms with van der Waals surface area (Å²) in [4.78, 5) is 33.2. The van der Waals surface area contributed by atoms with Crippen molar-refractivity contribution >= 4 is 51.0 Å². The van der Waals surface area contributed by atoms with Crippen LogP contribution in [0.15, 0.2) is 34.9 Å². The fourth-order valence-electron chi connectivity index (χ4n) is 2.37. The summed E-state index contributed by atoms with van der Waals surface area (Å²) in [5.41, 5.74) is 6.73. The van der Waals surface area contributed by atoms with Crippen LogP contribution in [0.4, 0.5) is 27.9 Å². The molecule has 5 N–H and O–H groups in total. The maximum atomic E-state index is 11.7. The lowest BCUT2D eigenvalue weighted by atomic mass is 10.2. The zero-order chi connectivity index (χ0) is 18.5. The van der Waals surface area contributed by atoms with Crippen molar-refractivity contribution in [3.05, 3.63) is 34.9 Å². The van der Waals surface area contributed by atoms with E-state index >= 15 is 0 Å². The number of nitrogens with one attached hydrogen (secondary N) is 3. The molecular weight excluding hydrogens is 402 g/mol. The van der Waals surface area contributed by atoms with Gasteiger partial charge in [-0.05, 0) is 53.2 Å². The predicted octanol–water partition coefficient (Wildman–Crippen LogP) is 1.80. The summed E-state index contributed by atoms with van der Waals surface area (Å²) in [6.45, 7) is 1.34. The van der Waals surface area contributed by atoms with Gasteiger partial charge >= 0.3 is 6.03 Å². The maximum Gasteiger partial charge on any atom is 0.329 e. The van der Waals surface area contributed by atoms with E-state index in [-0.39, 0.29) is 12.5 Å². The predicted molar refractivity (Wildman–Crippen MR) is 103 cm³/mol. The number of rotatable bonds is 7. The minimum Gasteiger partial charge on any atom is -0.369 e. The van der Waals surface area contributed by atoms with Crippen molar-refractivity contribution < 1.29 is 9.59 Å². The molecule has 0 spiro atoms. The highest BCUT2D eigenvalue weighted by atomic mass is 79.9. The Morgan fingerprint density at radius 2 is 2.04 bits per heavy atom. The van der Waals surface area contributed by atoms with Crippen LogP contribution in [0.1, 0.15) is 6.42 Å². The molecule has 0 bridgehead atoms. The van der Waals surface area contributed by atoms with Gasteiger partial charge < -0.3 is 21.7 Å². The van der Waals surface area contributed by atoms with Crippen molar-refractivity contribution in [1.29, 1.82) is 0 Å². The van der Waals surface area contributed by atoms with Crippen LogP contribution in [-0.2, 0) is 4.79 Å². The molecular formula is C16H18BrN7O2. The number of benzene rings is 1. The molecule has 26 heavy (non-hydrogen) atoms. The molecule has 0 radical (unpaired) electrons. The molecule has 2 aromatic rings. The normalized spacial score (nSPS) is 13.7. The fraction of sp³-hybridized carbons (Fsp3) is 0.250. The van der Waals surface area contributed by atoms with Gasteiger partial charge in [-0.25, -0.2) is 14.7 Å². The molecule has 2 heterocycles. The molecule has 1 aromatic heterocycles. The topological polar surface area (TPSA) is 125 Å². The van der Waals surface area contributed by atoms with E-state index in [0.717, 1.165) is 21.5 Å². The number of aromatic nitrogens is 2. The molecule has 9 nitrogen and oxygen atoms in total. The van der Waals surface area contributed by atoms with Crippen LogP contribution in [0, 0.1) is 0 Å². The monoisotopic (exact) mass is 419 g/mol. The third kappa shape index (κ3) is 4.09. The number of carbonyl (C=O) groups excluding carboxylic acids is 2. The van der Waals surface area contributed by atoms with Gasteiger partial charge in [-0.1, -0.05) is 0 Å². The van der Waals surface area contributed by atoms with E-state index in [2.05, 4.69) is 41.8 Å². The third-order valence-corrected chi connectivity index (χ3v) is 4.22. The van der Waals surface area contributed by atoms with E-state index in [1.807, 2.05) is 0 Å². The standard InChI is InChI=1S/C16H18BrN7O2/c17-12-8-20-15(23-14(12)19-7-1-6-18)22-10-2-4-11(5-3-10)24-13(25)9-21-16(24)26/h2-5,8H,1,6-7,9,18H2,(H,21,26)(H2,19,20,22,23). The van der Waals surface area contributed by atoms with Gasteiger partial charge in [0, 0.05) is 18.4 Å². The second-order valence-electron chi connectivity index (χ2n) is 5.52. The first-order valence-electron chi connectivity index (χ1n) is 8.03. The highest BCUT2D eigenvalue weighted by Gasteiger charge is 2.29. The molecule has 1 aromatic carbocycles. The minimum atomic E-state index is -0.417. The summed E-state index contributed by atoms with van der Waals surface area (Å²) in [5, 5.41) is 8.77. The van der Waals surface area contributed by atoms with Crippen molar-refractivity contribution in [2.24, 2.45) is 5.73 Å². The minimum absolute atomic E-state index is 0.0193. The van der Waals surface area contributed by atoms with E-state index < -0.39 is 6.03 Å². The summed E-state index contributed by atoms with van der Waals surface area (Å²) in [6.07, 6.45) is 2.49. The summed E-state index contributed by atoms with van der Waals surface area (Å²) in [5.74, 6) is 0.818. The van der Waals surface area contributed by atoms with Gasteiger partial charge in [-0.15, -0.1) is 0 Å². The molecule has 0 aliphatic carbocycles. The molecule has 3 rings (SSSR count). The number of hydrogen-bond donors (Lipinski definition) is 4. The number of halogens is 1. The Morgan fingerprint density at radius 3 is 2.69 bits per heavy atom. The molecule has 0 saturated carbocycles. The molecule has 1 saturated heterocycles. The number of carbonyl (C=O) groups is 2. The van der Waals surface area contributed by atoms with E-state index in [0.29, 0.717) is 30.5 Å². The lowest BCUT2D eigenvalue weighted by molar-refractivity contribution is -0.115. The average molecular weight is 420 g/mol. The van der Waals surface area contributed by atoms with Crippen LogP contribution in [0.5, 0.6) is 0 Å². The quantitative estimate of drug-likeness (QED) is 0.398. The van der Waals surface area contributed by atoms with Crippen LogP contribution in [0.3, 0.4) is 0 Å². The molecule has 1 aliphatic rings. The van der Waals surface area contributed by atoms with Gasteiger partial charge in [0.15, 0.2) is 0 Å². The van der Waals surface area contributed by atoms with Crippen LogP contribution >= 0.6 is 15.9 Å². The van der Waals surface area contributed by atoms with Gasteiger partial charge in [0.1, 0.15) is 5.82 Å². The first-order valence-corrected chi connectivity index (χ1v) is 8.82. The van der Waals surface area contributed by atoms with E-state index in [9.17, 15) is 9.59 Å².